The van der Waals surface area contributed by atoms with Gasteiger partial charge in [-0.2, -0.15) is 5.10 Å². The number of aryl methyl sites for hydroxylation is 1. The maximum absolute atomic E-state index is 9.82. The predicted molar refractivity (Wildman–Crippen MR) is 61.9 cm³/mol. The van der Waals surface area contributed by atoms with Crippen LogP contribution < -0.4 is 0 Å². The van der Waals surface area contributed by atoms with Crippen LogP contribution in [0.3, 0.4) is 0 Å². The summed E-state index contributed by atoms with van der Waals surface area (Å²) in [5.74, 6) is 0.277. The summed E-state index contributed by atoms with van der Waals surface area (Å²) in [6, 6.07) is 0. The first kappa shape index (κ1) is 12.2. The second kappa shape index (κ2) is 4.79. The van der Waals surface area contributed by atoms with Crippen molar-refractivity contribution in [3.63, 3.8) is 0 Å². The minimum atomic E-state index is -0.312. The molecule has 0 aromatic carbocycles. The van der Waals surface area contributed by atoms with E-state index in [-0.39, 0.29) is 12.0 Å². The second-order valence-corrected chi connectivity index (χ2v) is 4.50. The summed E-state index contributed by atoms with van der Waals surface area (Å²) in [6.45, 7) is 10.9. The Balaban J connectivity index is 2.87. The number of nitrogens with zero attached hydrogens (tertiary/aromatic N) is 2. The zero-order chi connectivity index (χ0) is 11.6. The van der Waals surface area contributed by atoms with Crippen LogP contribution in [0, 0.1) is 19.8 Å². The van der Waals surface area contributed by atoms with Crippen LogP contribution in [-0.2, 0) is 13.0 Å². The molecule has 0 aliphatic carbocycles. The summed E-state index contributed by atoms with van der Waals surface area (Å²) < 4.78 is 1.93. The average Bonchev–Trinajstić information content (AvgIpc) is 2.41. The minimum absolute atomic E-state index is 0.277. The fraction of sp³-hybridized carbons (Fsp3) is 0.750. The maximum atomic E-state index is 9.82. The monoisotopic (exact) mass is 210 g/mol. The van der Waals surface area contributed by atoms with Gasteiger partial charge in [-0.3, -0.25) is 4.68 Å². The first-order valence-corrected chi connectivity index (χ1v) is 5.68. The van der Waals surface area contributed by atoms with Gasteiger partial charge in [0.15, 0.2) is 0 Å². The molecule has 3 nitrogen and oxygen atoms in total. The molecule has 0 bridgehead atoms. The molecule has 1 N–H and O–H groups in total. The second-order valence-electron chi connectivity index (χ2n) is 4.50. The van der Waals surface area contributed by atoms with Gasteiger partial charge in [0.05, 0.1) is 18.3 Å². The number of hydrogen-bond acceptors (Lipinski definition) is 2. The molecule has 1 rings (SSSR count). The molecule has 0 amide bonds. The van der Waals surface area contributed by atoms with E-state index in [1.807, 2.05) is 25.5 Å². The molecule has 1 aromatic heterocycles. The third-order valence-corrected chi connectivity index (χ3v) is 3.01. The summed E-state index contributed by atoms with van der Waals surface area (Å²) in [4.78, 5) is 0. The summed E-state index contributed by atoms with van der Waals surface area (Å²) in [7, 11) is 0. The van der Waals surface area contributed by atoms with Crippen LogP contribution >= 0.6 is 0 Å². The van der Waals surface area contributed by atoms with Gasteiger partial charge >= 0.3 is 0 Å². The highest BCUT2D eigenvalue weighted by Crippen LogP contribution is 2.15. The van der Waals surface area contributed by atoms with Gasteiger partial charge in [0, 0.05) is 5.69 Å². The molecular weight excluding hydrogens is 188 g/mol. The third-order valence-electron chi connectivity index (χ3n) is 3.01. The average molecular weight is 210 g/mol. The van der Waals surface area contributed by atoms with Gasteiger partial charge < -0.3 is 5.11 Å². The molecule has 0 aliphatic rings. The standard InChI is InChI=1S/C12H22N2O/c1-6-11-9(4)13-14(10(11)5)7-12(15)8(2)3/h8,12,15H,6-7H2,1-5H3. The van der Waals surface area contributed by atoms with Crippen molar-refractivity contribution in [2.75, 3.05) is 0 Å². The Morgan fingerprint density at radius 2 is 1.93 bits per heavy atom. The quantitative estimate of drug-likeness (QED) is 0.826. The molecule has 1 heterocycles. The molecule has 1 atom stereocenters. The van der Waals surface area contributed by atoms with E-state index in [9.17, 15) is 5.11 Å². The maximum Gasteiger partial charge on any atom is 0.0759 e. The van der Waals surface area contributed by atoms with E-state index in [1.165, 1.54) is 11.3 Å². The van der Waals surface area contributed by atoms with Crippen molar-refractivity contribution in [3.8, 4) is 0 Å². The fourth-order valence-corrected chi connectivity index (χ4v) is 1.81. The van der Waals surface area contributed by atoms with Crippen molar-refractivity contribution in [2.24, 2.45) is 5.92 Å². The SMILES string of the molecule is CCc1c(C)nn(CC(O)C(C)C)c1C. The van der Waals surface area contributed by atoms with Gasteiger partial charge in [-0.05, 0) is 31.7 Å². The molecule has 0 fully saturated rings. The van der Waals surface area contributed by atoms with Crippen molar-refractivity contribution in [1.29, 1.82) is 0 Å². The zero-order valence-corrected chi connectivity index (χ0v) is 10.4. The van der Waals surface area contributed by atoms with Gasteiger partial charge in [0.1, 0.15) is 0 Å². The van der Waals surface area contributed by atoms with Crippen molar-refractivity contribution >= 4 is 0 Å². The Morgan fingerprint density at radius 1 is 1.33 bits per heavy atom. The van der Waals surface area contributed by atoms with Gasteiger partial charge in [-0.15, -0.1) is 0 Å². The van der Waals surface area contributed by atoms with Gasteiger partial charge in [0.2, 0.25) is 0 Å². The lowest BCUT2D eigenvalue weighted by Gasteiger charge is -2.15. The van der Waals surface area contributed by atoms with E-state index in [0.29, 0.717) is 6.54 Å². The first-order valence-electron chi connectivity index (χ1n) is 5.68. The van der Waals surface area contributed by atoms with E-state index in [4.69, 9.17) is 0 Å². The lowest BCUT2D eigenvalue weighted by Crippen LogP contribution is -2.23. The van der Waals surface area contributed by atoms with Gasteiger partial charge in [-0.25, -0.2) is 0 Å². The van der Waals surface area contributed by atoms with Crippen molar-refractivity contribution in [2.45, 2.75) is 53.7 Å². The highest BCUT2D eigenvalue weighted by atomic mass is 16.3. The normalized spacial score (nSPS) is 13.5. The minimum Gasteiger partial charge on any atom is -0.391 e. The Hall–Kier alpha value is -0.830. The largest absolute Gasteiger partial charge is 0.391 e. The Kier molecular flexibility index (Phi) is 3.91. The predicted octanol–water partition coefficient (Wildman–Crippen LogP) is 2.08. The molecular formula is C12H22N2O. The highest BCUT2D eigenvalue weighted by molar-refractivity contribution is 5.24. The van der Waals surface area contributed by atoms with Gasteiger partial charge in [0.25, 0.3) is 0 Å². The number of aliphatic hydroxyl groups excluding tert-OH is 1. The molecule has 0 saturated heterocycles. The van der Waals surface area contributed by atoms with E-state index in [2.05, 4.69) is 18.9 Å². The first-order chi connectivity index (χ1) is 6.97. The van der Waals surface area contributed by atoms with Gasteiger partial charge in [-0.1, -0.05) is 20.8 Å². The lowest BCUT2D eigenvalue weighted by atomic mass is 10.1. The van der Waals surface area contributed by atoms with E-state index in [1.54, 1.807) is 0 Å². The van der Waals surface area contributed by atoms with Crippen LogP contribution in [-0.4, -0.2) is 21.0 Å². The van der Waals surface area contributed by atoms with E-state index < -0.39 is 0 Å². The Bertz CT molecular complexity index is 329. The summed E-state index contributed by atoms with van der Waals surface area (Å²) in [5, 5.41) is 14.3. The van der Waals surface area contributed by atoms with Crippen LogP contribution in [0.2, 0.25) is 0 Å². The van der Waals surface area contributed by atoms with Crippen molar-refractivity contribution < 1.29 is 5.11 Å². The van der Waals surface area contributed by atoms with Crippen LogP contribution in [0.15, 0.2) is 0 Å². The lowest BCUT2D eigenvalue weighted by molar-refractivity contribution is 0.102. The van der Waals surface area contributed by atoms with Crippen LogP contribution in [0.4, 0.5) is 0 Å². The topological polar surface area (TPSA) is 38.0 Å². The number of aromatic nitrogens is 2. The van der Waals surface area contributed by atoms with Crippen molar-refractivity contribution in [1.82, 2.24) is 9.78 Å². The molecule has 1 unspecified atom stereocenters. The molecule has 0 saturated carbocycles. The van der Waals surface area contributed by atoms with E-state index >= 15 is 0 Å². The Labute approximate surface area is 92.1 Å². The zero-order valence-electron chi connectivity index (χ0n) is 10.4. The molecule has 0 spiro atoms. The molecule has 3 heteroatoms. The third kappa shape index (κ3) is 2.59. The van der Waals surface area contributed by atoms with Crippen LogP contribution in [0.25, 0.3) is 0 Å². The van der Waals surface area contributed by atoms with Crippen molar-refractivity contribution in [3.05, 3.63) is 17.0 Å². The molecule has 15 heavy (non-hydrogen) atoms. The summed E-state index contributed by atoms with van der Waals surface area (Å²) >= 11 is 0. The Morgan fingerprint density at radius 3 is 2.33 bits per heavy atom. The summed E-state index contributed by atoms with van der Waals surface area (Å²) in [6.07, 6.45) is 0.697. The van der Waals surface area contributed by atoms with Crippen LogP contribution in [0.1, 0.15) is 37.7 Å². The molecule has 1 aromatic rings. The summed E-state index contributed by atoms with van der Waals surface area (Å²) in [5.41, 5.74) is 3.59. The fourth-order valence-electron chi connectivity index (χ4n) is 1.81. The van der Waals surface area contributed by atoms with E-state index in [0.717, 1.165) is 12.1 Å². The highest BCUT2D eigenvalue weighted by Gasteiger charge is 2.14. The molecule has 86 valence electrons. The number of hydrogen-bond donors (Lipinski definition) is 1. The molecule has 0 radical (unpaired) electrons. The van der Waals surface area contributed by atoms with Crippen LogP contribution in [0.5, 0.6) is 0 Å². The smallest absolute Gasteiger partial charge is 0.0759 e. The number of rotatable bonds is 4. The molecule has 0 aliphatic heterocycles. The number of aliphatic hydroxyl groups is 1.